The fraction of sp³-hybridized carbons (Fsp3) is 0.381. The minimum absolute atomic E-state index is 0.266. The molecule has 26 heavy (non-hydrogen) atoms. The third-order valence-electron chi connectivity index (χ3n) is 5.61. The molecule has 136 valence electrons. The van der Waals surface area contributed by atoms with Gasteiger partial charge in [0, 0.05) is 13.6 Å². The molecule has 0 saturated carbocycles. The summed E-state index contributed by atoms with van der Waals surface area (Å²) in [6, 6.07) is 12.5. The van der Waals surface area contributed by atoms with Crippen molar-refractivity contribution in [1.29, 1.82) is 0 Å². The molecule has 1 saturated heterocycles. The highest BCUT2D eigenvalue weighted by Gasteiger charge is 2.28. The highest BCUT2D eigenvalue weighted by Crippen LogP contribution is 2.34. The van der Waals surface area contributed by atoms with Crippen LogP contribution in [0.5, 0.6) is 0 Å². The molecule has 0 aliphatic carbocycles. The lowest BCUT2D eigenvalue weighted by molar-refractivity contribution is 0.152. The van der Waals surface area contributed by atoms with Crippen LogP contribution in [0, 0.1) is 17.6 Å². The molecule has 5 heteroatoms. The van der Waals surface area contributed by atoms with Gasteiger partial charge in [0.15, 0.2) is 11.6 Å². The molecule has 1 aliphatic rings. The van der Waals surface area contributed by atoms with E-state index in [0.29, 0.717) is 5.92 Å². The maximum absolute atomic E-state index is 13.6. The minimum atomic E-state index is -0.777. The molecule has 2 atom stereocenters. The Bertz CT molecular complexity index is 934. The Labute approximate surface area is 152 Å². The Morgan fingerprint density at radius 2 is 1.92 bits per heavy atom. The number of benzene rings is 2. The molecule has 2 aromatic carbocycles. The zero-order valence-corrected chi connectivity index (χ0v) is 15.1. The average Bonchev–Trinajstić information content (AvgIpc) is 2.94. The van der Waals surface area contributed by atoms with Crippen molar-refractivity contribution in [2.45, 2.75) is 25.8 Å². The van der Waals surface area contributed by atoms with E-state index in [1.165, 1.54) is 12.1 Å². The summed E-state index contributed by atoms with van der Waals surface area (Å²) in [6.07, 6.45) is 0.941. The van der Waals surface area contributed by atoms with E-state index in [1.54, 1.807) is 6.07 Å². The van der Waals surface area contributed by atoms with Crippen LogP contribution in [0.3, 0.4) is 0 Å². The van der Waals surface area contributed by atoms with Crippen molar-refractivity contribution in [3.8, 4) is 0 Å². The van der Waals surface area contributed by atoms with Gasteiger partial charge in [0.1, 0.15) is 5.82 Å². The second-order valence-corrected chi connectivity index (χ2v) is 7.36. The van der Waals surface area contributed by atoms with E-state index in [-0.39, 0.29) is 5.92 Å². The van der Waals surface area contributed by atoms with Crippen LogP contribution in [0.25, 0.3) is 11.0 Å². The maximum Gasteiger partial charge on any atom is 0.159 e. The number of aryl methyl sites for hydroxylation is 1. The number of fused-ring (bicyclic) bond motifs is 1. The van der Waals surface area contributed by atoms with Gasteiger partial charge in [0.25, 0.3) is 0 Å². The second kappa shape index (κ2) is 6.80. The highest BCUT2D eigenvalue weighted by molar-refractivity contribution is 5.75. The summed E-state index contributed by atoms with van der Waals surface area (Å²) in [5.41, 5.74) is 3.07. The number of likely N-dealkylation sites (tertiary alicyclic amines) is 1. The first-order valence-corrected chi connectivity index (χ1v) is 9.10. The van der Waals surface area contributed by atoms with E-state index in [0.717, 1.165) is 48.5 Å². The first-order chi connectivity index (χ1) is 12.5. The fourth-order valence-corrected chi connectivity index (χ4v) is 4.15. The number of nitrogens with zero attached hydrogens (tertiary/aromatic N) is 3. The van der Waals surface area contributed by atoms with Crippen molar-refractivity contribution in [1.82, 2.24) is 14.5 Å². The Kier molecular flexibility index (Phi) is 4.49. The molecule has 1 aliphatic heterocycles. The summed E-state index contributed by atoms with van der Waals surface area (Å²) in [5, 5.41) is 0. The Balaban J connectivity index is 1.48. The van der Waals surface area contributed by atoms with Crippen LogP contribution in [0.4, 0.5) is 8.78 Å². The molecule has 0 radical (unpaired) electrons. The van der Waals surface area contributed by atoms with E-state index in [4.69, 9.17) is 4.98 Å². The summed E-state index contributed by atoms with van der Waals surface area (Å²) < 4.78 is 28.9. The SMILES string of the molecule is C[C@H]1CN(Cc2nc3ccccc3n2C)CC[C@H]1c1ccc(F)c(F)c1. The number of hydrogen-bond donors (Lipinski definition) is 0. The molecular weight excluding hydrogens is 332 g/mol. The van der Waals surface area contributed by atoms with Gasteiger partial charge in [-0.1, -0.05) is 25.1 Å². The van der Waals surface area contributed by atoms with Gasteiger partial charge >= 0.3 is 0 Å². The Morgan fingerprint density at radius 1 is 1.12 bits per heavy atom. The van der Waals surface area contributed by atoms with Crippen LogP contribution in [-0.4, -0.2) is 27.5 Å². The summed E-state index contributed by atoms with van der Waals surface area (Å²) in [6.45, 7) is 4.84. The molecule has 3 nitrogen and oxygen atoms in total. The van der Waals surface area contributed by atoms with Gasteiger partial charge in [0.2, 0.25) is 0 Å². The second-order valence-electron chi connectivity index (χ2n) is 7.36. The lowest BCUT2D eigenvalue weighted by atomic mass is 9.81. The van der Waals surface area contributed by atoms with Crippen LogP contribution in [0.1, 0.15) is 30.7 Å². The van der Waals surface area contributed by atoms with Crippen molar-refractivity contribution in [2.75, 3.05) is 13.1 Å². The number of hydrogen-bond acceptors (Lipinski definition) is 2. The molecule has 0 amide bonds. The lowest BCUT2D eigenvalue weighted by Crippen LogP contribution is -2.38. The topological polar surface area (TPSA) is 21.1 Å². The van der Waals surface area contributed by atoms with E-state index in [9.17, 15) is 8.78 Å². The van der Waals surface area contributed by atoms with Crippen LogP contribution < -0.4 is 0 Å². The summed E-state index contributed by atoms with van der Waals surface area (Å²) in [7, 11) is 2.06. The predicted molar refractivity (Wildman–Crippen MR) is 98.9 cm³/mol. The molecule has 3 aromatic rings. The van der Waals surface area contributed by atoms with Gasteiger partial charge in [-0.25, -0.2) is 13.8 Å². The largest absolute Gasteiger partial charge is 0.330 e. The van der Waals surface area contributed by atoms with Gasteiger partial charge in [0.05, 0.1) is 17.6 Å². The number of aromatic nitrogens is 2. The van der Waals surface area contributed by atoms with Crippen LogP contribution in [0.15, 0.2) is 42.5 Å². The summed E-state index contributed by atoms with van der Waals surface area (Å²) in [5.74, 6) is 0.173. The number of piperidine rings is 1. The summed E-state index contributed by atoms with van der Waals surface area (Å²) >= 11 is 0. The van der Waals surface area contributed by atoms with Crippen LogP contribution >= 0.6 is 0 Å². The minimum Gasteiger partial charge on any atom is -0.330 e. The molecule has 0 N–H and O–H groups in total. The van der Waals surface area contributed by atoms with Crippen molar-refractivity contribution in [3.63, 3.8) is 0 Å². The predicted octanol–water partition coefficient (Wildman–Crippen LogP) is 4.48. The Morgan fingerprint density at radius 3 is 2.65 bits per heavy atom. The van der Waals surface area contributed by atoms with E-state index >= 15 is 0 Å². The highest BCUT2D eigenvalue weighted by atomic mass is 19.2. The molecule has 4 rings (SSSR count). The average molecular weight is 355 g/mol. The Hall–Kier alpha value is -2.27. The molecule has 0 unspecified atom stereocenters. The van der Waals surface area contributed by atoms with Gasteiger partial charge in [-0.15, -0.1) is 0 Å². The fourth-order valence-electron chi connectivity index (χ4n) is 4.15. The monoisotopic (exact) mass is 355 g/mol. The third kappa shape index (κ3) is 3.12. The van der Waals surface area contributed by atoms with Crippen molar-refractivity contribution < 1.29 is 8.78 Å². The number of imidazole rings is 1. The maximum atomic E-state index is 13.6. The van der Waals surface area contributed by atoms with Gasteiger partial charge in [-0.3, -0.25) is 4.90 Å². The van der Waals surface area contributed by atoms with Crippen molar-refractivity contribution in [3.05, 3.63) is 65.5 Å². The third-order valence-corrected chi connectivity index (χ3v) is 5.61. The van der Waals surface area contributed by atoms with Crippen LogP contribution in [-0.2, 0) is 13.6 Å². The van der Waals surface area contributed by atoms with Gasteiger partial charge in [-0.2, -0.15) is 0 Å². The molecule has 1 aromatic heterocycles. The van der Waals surface area contributed by atoms with Crippen LogP contribution in [0.2, 0.25) is 0 Å². The van der Waals surface area contributed by atoms with E-state index in [2.05, 4.69) is 29.5 Å². The van der Waals surface area contributed by atoms with E-state index in [1.807, 2.05) is 18.2 Å². The molecule has 0 spiro atoms. The van der Waals surface area contributed by atoms with Gasteiger partial charge < -0.3 is 4.57 Å². The van der Waals surface area contributed by atoms with Gasteiger partial charge in [-0.05, 0) is 54.6 Å². The molecule has 1 fully saturated rings. The molecule has 0 bridgehead atoms. The first-order valence-electron chi connectivity index (χ1n) is 9.10. The van der Waals surface area contributed by atoms with E-state index < -0.39 is 11.6 Å². The lowest BCUT2D eigenvalue weighted by Gasteiger charge is -2.37. The standard InChI is InChI=1S/C21H23F2N3/c1-14-12-26(10-9-16(14)15-7-8-17(22)18(23)11-15)13-21-24-19-5-3-4-6-20(19)25(21)2/h3-8,11,14,16H,9-10,12-13H2,1-2H3/t14-,16+/m0/s1. The quantitative estimate of drug-likeness (QED) is 0.691. The zero-order chi connectivity index (χ0) is 18.3. The normalized spacial score (nSPS) is 21.4. The molecule has 2 heterocycles. The smallest absolute Gasteiger partial charge is 0.159 e. The number of para-hydroxylation sites is 2. The van der Waals surface area contributed by atoms with Crippen molar-refractivity contribution >= 4 is 11.0 Å². The zero-order valence-electron chi connectivity index (χ0n) is 15.1. The van der Waals surface area contributed by atoms with Crippen molar-refractivity contribution in [2.24, 2.45) is 13.0 Å². The number of rotatable bonds is 3. The summed E-state index contributed by atoms with van der Waals surface area (Å²) in [4.78, 5) is 7.16. The molecular formula is C21H23F2N3. The first kappa shape index (κ1) is 17.2. The number of halogens is 2.